The van der Waals surface area contributed by atoms with Gasteiger partial charge in [-0.05, 0) is 37.6 Å². The van der Waals surface area contributed by atoms with Crippen LogP contribution in [0.3, 0.4) is 0 Å². The molecule has 0 radical (unpaired) electrons. The standard InChI is InChI=1S/C24H25FN4O4/c1-15-9-21-22(30)29(18-10-19(32-3)12-20(11-18)33-4)24(2,14-28(21)27-15)23(31)26-13-16-5-7-17(25)8-6-16/h5-12H,13-14H2,1-4H3,(H,26,31). The molecule has 1 N–H and O–H groups in total. The average molecular weight is 452 g/mol. The second-order valence-corrected chi connectivity index (χ2v) is 8.12. The highest BCUT2D eigenvalue weighted by atomic mass is 19.1. The number of aromatic nitrogens is 2. The number of benzene rings is 2. The van der Waals surface area contributed by atoms with Gasteiger partial charge in [0.25, 0.3) is 5.91 Å². The number of methoxy groups -OCH3 is 2. The van der Waals surface area contributed by atoms with Gasteiger partial charge in [0.15, 0.2) is 0 Å². The van der Waals surface area contributed by atoms with Crippen LogP contribution in [-0.2, 0) is 17.9 Å². The molecule has 1 aromatic heterocycles. The van der Waals surface area contributed by atoms with Crippen LogP contribution in [0.4, 0.5) is 10.1 Å². The minimum atomic E-state index is -1.31. The maximum atomic E-state index is 13.6. The van der Waals surface area contributed by atoms with Gasteiger partial charge in [-0.2, -0.15) is 5.10 Å². The molecule has 0 saturated heterocycles. The van der Waals surface area contributed by atoms with E-state index in [9.17, 15) is 14.0 Å². The van der Waals surface area contributed by atoms with Crippen LogP contribution >= 0.6 is 0 Å². The monoisotopic (exact) mass is 452 g/mol. The largest absolute Gasteiger partial charge is 0.497 e. The number of nitrogens with zero attached hydrogens (tertiary/aromatic N) is 3. The lowest BCUT2D eigenvalue weighted by molar-refractivity contribution is -0.126. The van der Waals surface area contributed by atoms with Crippen molar-refractivity contribution in [1.29, 1.82) is 0 Å². The van der Waals surface area contributed by atoms with E-state index in [1.807, 2.05) is 0 Å². The number of nitrogens with one attached hydrogen (secondary N) is 1. The molecule has 0 saturated carbocycles. The van der Waals surface area contributed by atoms with Gasteiger partial charge in [0.2, 0.25) is 5.91 Å². The first-order chi connectivity index (χ1) is 15.7. The molecule has 1 atom stereocenters. The van der Waals surface area contributed by atoms with Crippen LogP contribution in [0.25, 0.3) is 0 Å². The summed E-state index contributed by atoms with van der Waals surface area (Å²) >= 11 is 0. The molecule has 2 heterocycles. The highest BCUT2D eigenvalue weighted by molar-refractivity contribution is 6.12. The average Bonchev–Trinajstić information content (AvgIpc) is 3.18. The van der Waals surface area contributed by atoms with E-state index in [2.05, 4.69) is 10.4 Å². The van der Waals surface area contributed by atoms with Crippen LogP contribution in [0.2, 0.25) is 0 Å². The van der Waals surface area contributed by atoms with Gasteiger partial charge < -0.3 is 14.8 Å². The third kappa shape index (κ3) is 4.13. The quantitative estimate of drug-likeness (QED) is 0.621. The van der Waals surface area contributed by atoms with Crippen molar-refractivity contribution >= 4 is 17.5 Å². The Bertz CT molecular complexity index is 1190. The Hall–Kier alpha value is -3.88. The number of amides is 2. The molecular weight excluding hydrogens is 427 g/mol. The molecule has 8 nitrogen and oxygen atoms in total. The van der Waals surface area contributed by atoms with Gasteiger partial charge in [-0.1, -0.05) is 12.1 Å². The summed E-state index contributed by atoms with van der Waals surface area (Å²) in [6, 6.07) is 12.6. The normalized spacial score (nSPS) is 17.5. The van der Waals surface area contributed by atoms with E-state index in [4.69, 9.17) is 9.47 Å². The van der Waals surface area contributed by atoms with Crippen LogP contribution in [0.1, 0.15) is 28.7 Å². The van der Waals surface area contributed by atoms with Crippen molar-refractivity contribution in [3.63, 3.8) is 0 Å². The van der Waals surface area contributed by atoms with Crippen LogP contribution in [0.5, 0.6) is 11.5 Å². The van der Waals surface area contributed by atoms with E-state index in [0.29, 0.717) is 28.6 Å². The number of carbonyl (C=O) groups excluding carboxylic acids is 2. The summed E-state index contributed by atoms with van der Waals surface area (Å²) in [6.45, 7) is 3.82. The predicted molar refractivity (Wildman–Crippen MR) is 120 cm³/mol. The molecule has 1 aliphatic rings. The molecule has 2 aromatic carbocycles. The number of ether oxygens (including phenoxy) is 2. The van der Waals surface area contributed by atoms with Gasteiger partial charge in [0.05, 0.1) is 32.1 Å². The Labute approximate surface area is 190 Å². The van der Waals surface area contributed by atoms with Crippen LogP contribution in [0, 0.1) is 12.7 Å². The second-order valence-electron chi connectivity index (χ2n) is 8.12. The van der Waals surface area contributed by atoms with Crippen molar-refractivity contribution in [2.24, 2.45) is 0 Å². The van der Waals surface area contributed by atoms with Gasteiger partial charge in [-0.3, -0.25) is 19.2 Å². The van der Waals surface area contributed by atoms with Gasteiger partial charge in [0.1, 0.15) is 28.5 Å². The number of rotatable bonds is 6. The van der Waals surface area contributed by atoms with Crippen molar-refractivity contribution in [2.75, 3.05) is 19.1 Å². The number of hydrogen-bond donors (Lipinski definition) is 1. The van der Waals surface area contributed by atoms with Crippen molar-refractivity contribution < 1.29 is 23.5 Å². The molecule has 0 bridgehead atoms. The minimum absolute atomic E-state index is 0.149. The topological polar surface area (TPSA) is 85.7 Å². The number of carbonyl (C=O) groups is 2. The first-order valence-corrected chi connectivity index (χ1v) is 10.4. The highest BCUT2D eigenvalue weighted by Crippen LogP contribution is 2.37. The molecule has 172 valence electrons. The Morgan fingerprint density at radius 1 is 1.12 bits per heavy atom. The summed E-state index contributed by atoms with van der Waals surface area (Å²) in [5, 5.41) is 7.29. The summed E-state index contributed by atoms with van der Waals surface area (Å²) in [7, 11) is 3.03. The predicted octanol–water partition coefficient (Wildman–Crippen LogP) is 3.08. The number of fused-ring (bicyclic) bond motifs is 1. The smallest absolute Gasteiger partial charge is 0.277 e. The maximum Gasteiger partial charge on any atom is 0.277 e. The van der Waals surface area contributed by atoms with E-state index < -0.39 is 5.54 Å². The third-order valence-electron chi connectivity index (χ3n) is 5.73. The highest BCUT2D eigenvalue weighted by Gasteiger charge is 2.49. The molecule has 0 spiro atoms. The molecule has 4 rings (SSSR count). The molecule has 9 heteroatoms. The lowest BCUT2D eigenvalue weighted by Gasteiger charge is -2.43. The minimum Gasteiger partial charge on any atom is -0.497 e. The fraction of sp³-hybridized carbons (Fsp3) is 0.292. The number of halogens is 1. The van der Waals surface area contributed by atoms with E-state index in [1.165, 1.54) is 31.3 Å². The summed E-state index contributed by atoms with van der Waals surface area (Å²) in [4.78, 5) is 28.6. The van der Waals surface area contributed by atoms with E-state index in [1.54, 1.807) is 54.9 Å². The molecule has 2 amide bonds. The van der Waals surface area contributed by atoms with Crippen LogP contribution < -0.4 is 19.7 Å². The fourth-order valence-corrected chi connectivity index (χ4v) is 4.01. The number of aryl methyl sites for hydroxylation is 1. The van der Waals surface area contributed by atoms with Crippen molar-refractivity contribution in [2.45, 2.75) is 32.5 Å². The SMILES string of the molecule is COc1cc(OC)cc(N2C(=O)c3cc(C)nn3CC2(C)C(=O)NCc2ccc(F)cc2)c1. The summed E-state index contributed by atoms with van der Waals surface area (Å²) in [5.74, 6) is -0.116. The zero-order chi connectivity index (χ0) is 23.8. The van der Waals surface area contributed by atoms with Crippen LogP contribution in [-0.4, -0.2) is 41.4 Å². The molecule has 1 unspecified atom stereocenters. The van der Waals surface area contributed by atoms with Crippen molar-refractivity contribution in [1.82, 2.24) is 15.1 Å². The molecule has 0 fully saturated rings. The van der Waals surface area contributed by atoms with Gasteiger partial charge in [0, 0.05) is 24.7 Å². The Morgan fingerprint density at radius 3 is 2.36 bits per heavy atom. The van der Waals surface area contributed by atoms with Gasteiger partial charge in [-0.15, -0.1) is 0 Å². The second kappa shape index (κ2) is 8.57. The van der Waals surface area contributed by atoms with E-state index >= 15 is 0 Å². The number of anilines is 1. The number of hydrogen-bond acceptors (Lipinski definition) is 5. The zero-order valence-corrected chi connectivity index (χ0v) is 18.9. The Kier molecular flexibility index (Phi) is 5.80. The Morgan fingerprint density at radius 2 is 1.76 bits per heavy atom. The lowest BCUT2D eigenvalue weighted by Crippen LogP contribution is -2.64. The summed E-state index contributed by atoms with van der Waals surface area (Å²) in [6.07, 6.45) is 0. The van der Waals surface area contributed by atoms with Crippen LogP contribution in [0.15, 0.2) is 48.5 Å². The fourth-order valence-electron chi connectivity index (χ4n) is 4.01. The van der Waals surface area contributed by atoms with E-state index in [0.717, 1.165) is 5.56 Å². The Balaban J connectivity index is 1.75. The summed E-state index contributed by atoms with van der Waals surface area (Å²) < 4.78 is 25.5. The lowest BCUT2D eigenvalue weighted by atomic mass is 9.93. The zero-order valence-electron chi connectivity index (χ0n) is 18.9. The molecule has 33 heavy (non-hydrogen) atoms. The van der Waals surface area contributed by atoms with Gasteiger partial charge in [-0.25, -0.2) is 4.39 Å². The maximum absolute atomic E-state index is 13.6. The van der Waals surface area contributed by atoms with Crippen molar-refractivity contribution in [3.8, 4) is 11.5 Å². The molecule has 0 aliphatic carbocycles. The molecular formula is C24H25FN4O4. The molecule has 1 aliphatic heterocycles. The molecule has 3 aromatic rings. The first-order valence-electron chi connectivity index (χ1n) is 10.4. The summed E-state index contributed by atoms with van der Waals surface area (Å²) in [5.41, 5.74) is 0.956. The third-order valence-corrected chi connectivity index (χ3v) is 5.73. The van der Waals surface area contributed by atoms with E-state index in [-0.39, 0.29) is 30.7 Å². The first kappa shape index (κ1) is 22.3. The van der Waals surface area contributed by atoms with Crippen molar-refractivity contribution in [3.05, 3.63) is 71.3 Å². The van der Waals surface area contributed by atoms with Gasteiger partial charge >= 0.3 is 0 Å².